The summed E-state index contributed by atoms with van der Waals surface area (Å²) in [5.41, 5.74) is 3.15. The molecule has 1 unspecified atom stereocenters. The summed E-state index contributed by atoms with van der Waals surface area (Å²) in [5.74, 6) is 1.71. The van der Waals surface area contributed by atoms with Crippen molar-refractivity contribution in [2.24, 2.45) is 15.4 Å². The Morgan fingerprint density at radius 1 is 0.679 bits per heavy atom. The summed E-state index contributed by atoms with van der Waals surface area (Å²) in [4.78, 5) is 12.4. The maximum Gasteiger partial charge on any atom is 0.159 e. The average molecular weight is 367 g/mol. The quantitative estimate of drug-likeness (QED) is 0.577. The molecule has 0 N–H and O–H groups in total. The summed E-state index contributed by atoms with van der Waals surface area (Å²) in [6.45, 7) is 6.69. The molecule has 0 fully saturated rings. The van der Waals surface area contributed by atoms with Crippen LogP contribution in [0.4, 0.5) is 5.69 Å². The van der Waals surface area contributed by atoms with Crippen LogP contribution in [0.25, 0.3) is 0 Å². The largest absolute Gasteiger partial charge is 0.302 e. The monoisotopic (exact) mass is 367 g/mol. The second-order valence-electron chi connectivity index (χ2n) is 8.07. The molecule has 3 aromatic carbocycles. The Balaban J connectivity index is 1.93. The predicted octanol–water partition coefficient (Wildman–Crippen LogP) is 5.77. The molecule has 3 heteroatoms. The van der Waals surface area contributed by atoms with Crippen molar-refractivity contribution in [3.63, 3.8) is 0 Å². The van der Waals surface area contributed by atoms with Crippen molar-refractivity contribution in [1.82, 2.24) is 0 Å². The molecule has 0 radical (unpaired) electrons. The zero-order chi connectivity index (χ0) is 19.6. The van der Waals surface area contributed by atoms with Crippen molar-refractivity contribution in [1.29, 1.82) is 0 Å². The van der Waals surface area contributed by atoms with Gasteiger partial charge in [0.05, 0.1) is 0 Å². The molecule has 140 valence electrons. The van der Waals surface area contributed by atoms with Crippen LogP contribution in [0.1, 0.15) is 31.9 Å². The molecule has 1 aliphatic rings. The smallest absolute Gasteiger partial charge is 0.159 e. The first-order valence-electron chi connectivity index (χ1n) is 9.66. The summed E-state index contributed by atoms with van der Waals surface area (Å²) in [5, 5.41) is 0. The Morgan fingerprint density at radius 2 is 1.18 bits per heavy atom. The van der Waals surface area contributed by atoms with E-state index in [-0.39, 0.29) is 11.6 Å². The number of hydrogen-bond acceptors (Lipinski definition) is 3. The van der Waals surface area contributed by atoms with Crippen LogP contribution >= 0.6 is 0 Å². The lowest BCUT2D eigenvalue weighted by atomic mass is 9.90. The third kappa shape index (κ3) is 3.61. The highest BCUT2D eigenvalue weighted by atomic mass is 15.3. The van der Waals surface area contributed by atoms with Gasteiger partial charge < -0.3 is 4.90 Å². The highest BCUT2D eigenvalue weighted by Gasteiger charge is 2.37. The molecule has 0 bridgehead atoms. The molecule has 3 nitrogen and oxygen atoms in total. The van der Waals surface area contributed by atoms with Gasteiger partial charge in [-0.25, -0.2) is 9.98 Å². The molecular weight excluding hydrogens is 342 g/mol. The zero-order valence-electron chi connectivity index (χ0n) is 16.6. The Kier molecular flexibility index (Phi) is 4.82. The number of amidine groups is 2. The van der Waals surface area contributed by atoms with Crippen molar-refractivity contribution in [2.75, 3.05) is 4.90 Å². The topological polar surface area (TPSA) is 28.0 Å². The third-order valence-corrected chi connectivity index (χ3v) is 4.80. The van der Waals surface area contributed by atoms with Gasteiger partial charge in [-0.05, 0) is 12.1 Å². The highest BCUT2D eigenvalue weighted by Crippen LogP contribution is 2.34. The molecule has 1 atom stereocenters. The van der Waals surface area contributed by atoms with Gasteiger partial charge in [-0.3, -0.25) is 0 Å². The van der Waals surface area contributed by atoms with Gasteiger partial charge in [-0.1, -0.05) is 99.6 Å². The first-order chi connectivity index (χ1) is 13.5. The third-order valence-electron chi connectivity index (χ3n) is 4.80. The van der Waals surface area contributed by atoms with E-state index in [0.29, 0.717) is 0 Å². The fraction of sp³-hybridized carbons (Fsp3) is 0.200. The number of para-hydroxylation sites is 1. The van der Waals surface area contributed by atoms with Crippen LogP contribution in [0, 0.1) is 5.41 Å². The summed E-state index contributed by atoms with van der Waals surface area (Å²) in [6.07, 6.45) is -0.0715. The van der Waals surface area contributed by atoms with Gasteiger partial charge in [0, 0.05) is 22.2 Å². The van der Waals surface area contributed by atoms with Crippen LogP contribution in [0.2, 0.25) is 0 Å². The Labute approximate surface area is 167 Å². The van der Waals surface area contributed by atoms with E-state index in [1.807, 2.05) is 30.3 Å². The lowest BCUT2D eigenvalue weighted by molar-refractivity contribution is 0.328. The summed E-state index contributed by atoms with van der Waals surface area (Å²) in [7, 11) is 0. The van der Waals surface area contributed by atoms with Crippen LogP contribution in [0.5, 0.6) is 0 Å². The van der Waals surface area contributed by atoms with Crippen LogP contribution in [0.15, 0.2) is 101 Å². The minimum Gasteiger partial charge on any atom is -0.302 e. The second-order valence-corrected chi connectivity index (χ2v) is 8.07. The van der Waals surface area contributed by atoms with E-state index in [0.717, 1.165) is 28.5 Å². The van der Waals surface area contributed by atoms with Crippen molar-refractivity contribution in [2.45, 2.75) is 26.9 Å². The number of hydrogen-bond donors (Lipinski definition) is 0. The fourth-order valence-corrected chi connectivity index (χ4v) is 3.42. The first kappa shape index (κ1) is 18.2. The maximum atomic E-state index is 5.11. The molecule has 0 amide bonds. The van der Waals surface area contributed by atoms with Gasteiger partial charge >= 0.3 is 0 Å². The van der Waals surface area contributed by atoms with E-state index >= 15 is 0 Å². The molecule has 0 aliphatic carbocycles. The first-order valence-corrected chi connectivity index (χ1v) is 9.66. The number of nitrogens with zero attached hydrogens (tertiary/aromatic N) is 3. The molecule has 1 heterocycles. The molecule has 28 heavy (non-hydrogen) atoms. The average Bonchev–Trinajstić information content (AvgIpc) is 2.74. The molecule has 3 aromatic rings. The SMILES string of the molecule is CC(C)(C)C1N=C(c2ccccc2)N=C(c2ccccc2)N1c1ccccc1. The van der Waals surface area contributed by atoms with Crippen LogP contribution in [-0.2, 0) is 0 Å². The van der Waals surface area contributed by atoms with Crippen LogP contribution < -0.4 is 4.90 Å². The molecular formula is C25H25N3. The molecule has 0 saturated heterocycles. The predicted molar refractivity (Wildman–Crippen MR) is 118 cm³/mol. The number of aliphatic imine (C=N–C) groups is 2. The van der Waals surface area contributed by atoms with Crippen LogP contribution in [0.3, 0.4) is 0 Å². The van der Waals surface area contributed by atoms with Gasteiger partial charge in [0.2, 0.25) is 0 Å². The summed E-state index contributed by atoms with van der Waals surface area (Å²) in [6, 6.07) is 31.0. The Bertz CT molecular complexity index is 984. The number of rotatable bonds is 3. The van der Waals surface area contributed by atoms with E-state index < -0.39 is 0 Å². The van der Waals surface area contributed by atoms with E-state index in [1.54, 1.807) is 0 Å². The van der Waals surface area contributed by atoms with Gasteiger partial charge in [0.15, 0.2) is 5.84 Å². The van der Waals surface area contributed by atoms with Crippen molar-refractivity contribution < 1.29 is 0 Å². The standard InChI is InChI=1S/C25H25N3/c1-25(2,3)24-27-22(19-13-7-4-8-14-19)26-23(20-15-9-5-10-16-20)28(24)21-17-11-6-12-18-21/h4-18,24H,1-3H3. The minimum absolute atomic E-state index is 0.0715. The fourth-order valence-electron chi connectivity index (χ4n) is 3.42. The van der Waals surface area contributed by atoms with Crippen molar-refractivity contribution >= 4 is 17.4 Å². The van der Waals surface area contributed by atoms with Gasteiger partial charge in [-0.2, -0.15) is 0 Å². The van der Waals surface area contributed by atoms with Gasteiger partial charge in [0.25, 0.3) is 0 Å². The molecule has 4 rings (SSSR count). The molecule has 0 saturated carbocycles. The molecule has 1 aliphatic heterocycles. The lowest BCUT2D eigenvalue weighted by Gasteiger charge is -2.41. The highest BCUT2D eigenvalue weighted by molar-refractivity contribution is 6.19. The zero-order valence-corrected chi connectivity index (χ0v) is 16.6. The lowest BCUT2D eigenvalue weighted by Crippen LogP contribution is -2.50. The summed E-state index contributed by atoms with van der Waals surface area (Å²) < 4.78 is 0. The number of benzene rings is 3. The van der Waals surface area contributed by atoms with E-state index in [4.69, 9.17) is 9.98 Å². The molecule has 0 spiro atoms. The van der Waals surface area contributed by atoms with E-state index in [2.05, 4.69) is 86.3 Å². The second kappa shape index (κ2) is 7.43. The number of anilines is 1. The van der Waals surface area contributed by atoms with E-state index in [1.165, 1.54) is 0 Å². The van der Waals surface area contributed by atoms with E-state index in [9.17, 15) is 0 Å². The Hall–Kier alpha value is -3.20. The molecule has 0 aromatic heterocycles. The van der Waals surface area contributed by atoms with Gasteiger partial charge in [0.1, 0.15) is 12.0 Å². The normalized spacial score (nSPS) is 17.1. The van der Waals surface area contributed by atoms with Crippen molar-refractivity contribution in [3.8, 4) is 0 Å². The van der Waals surface area contributed by atoms with Gasteiger partial charge in [-0.15, -0.1) is 0 Å². The Morgan fingerprint density at radius 3 is 1.71 bits per heavy atom. The minimum atomic E-state index is -0.0775. The summed E-state index contributed by atoms with van der Waals surface area (Å²) >= 11 is 0. The van der Waals surface area contributed by atoms with Crippen molar-refractivity contribution in [3.05, 3.63) is 102 Å². The van der Waals surface area contributed by atoms with Crippen LogP contribution in [-0.4, -0.2) is 17.8 Å². The maximum absolute atomic E-state index is 5.11.